The molecule has 1 aromatic carbocycles. The van der Waals surface area contributed by atoms with E-state index in [2.05, 4.69) is 10.3 Å². The van der Waals surface area contributed by atoms with E-state index in [0.717, 1.165) is 26.7 Å². The molecule has 0 fully saturated rings. The van der Waals surface area contributed by atoms with Gasteiger partial charge in [-0.15, -0.1) is 11.3 Å². The maximum atomic E-state index is 12.2. The molecule has 0 saturated heterocycles. The Morgan fingerprint density at radius 2 is 2.00 bits per heavy atom. The molecule has 4 nitrogen and oxygen atoms in total. The van der Waals surface area contributed by atoms with Gasteiger partial charge in [0.05, 0.1) is 11.9 Å². The number of hydrogen-bond acceptors (Lipinski definition) is 3. The summed E-state index contributed by atoms with van der Waals surface area (Å²) in [5, 5.41) is 2.93. The largest absolute Gasteiger partial charge is 0.322 e. The number of nitrogens with one attached hydrogen (secondary N) is 1. The molecule has 5 heteroatoms. The molecule has 3 aromatic rings. The number of benzene rings is 1. The number of imidazole rings is 1. The van der Waals surface area contributed by atoms with E-state index in [9.17, 15) is 4.79 Å². The summed E-state index contributed by atoms with van der Waals surface area (Å²) in [5.41, 5.74) is 2.54. The lowest BCUT2D eigenvalue weighted by molar-refractivity contribution is 0.102. The van der Waals surface area contributed by atoms with Gasteiger partial charge in [-0.05, 0) is 44.2 Å². The Morgan fingerprint density at radius 1 is 1.24 bits per heavy atom. The van der Waals surface area contributed by atoms with Crippen molar-refractivity contribution in [1.82, 2.24) is 9.55 Å². The van der Waals surface area contributed by atoms with Gasteiger partial charge < -0.3 is 9.88 Å². The van der Waals surface area contributed by atoms with E-state index in [1.165, 1.54) is 0 Å². The summed E-state index contributed by atoms with van der Waals surface area (Å²) in [5.74, 6) is -0.0627. The second-order valence-electron chi connectivity index (χ2n) is 4.80. The van der Waals surface area contributed by atoms with Crippen LogP contribution in [0, 0.1) is 13.8 Å². The first kappa shape index (κ1) is 13.6. The van der Waals surface area contributed by atoms with Crippen molar-refractivity contribution in [3.63, 3.8) is 0 Å². The molecule has 1 N–H and O–H groups in total. The smallest absolute Gasteiger partial charge is 0.256 e. The lowest BCUT2D eigenvalue weighted by Gasteiger charge is -2.07. The molecule has 0 radical (unpaired) electrons. The third kappa shape index (κ3) is 2.87. The molecule has 0 spiro atoms. The van der Waals surface area contributed by atoms with Gasteiger partial charge in [-0.1, -0.05) is 0 Å². The first-order valence-electron chi connectivity index (χ1n) is 6.60. The van der Waals surface area contributed by atoms with Crippen LogP contribution in [0.3, 0.4) is 0 Å². The van der Waals surface area contributed by atoms with Gasteiger partial charge in [-0.3, -0.25) is 4.79 Å². The normalized spacial score (nSPS) is 10.6. The fourth-order valence-corrected chi connectivity index (χ4v) is 3.10. The van der Waals surface area contributed by atoms with E-state index in [0.29, 0.717) is 0 Å². The molecular weight excluding hydrogens is 282 g/mol. The number of hydrogen-bond donors (Lipinski definition) is 1. The Balaban J connectivity index is 1.76. The van der Waals surface area contributed by atoms with Crippen LogP contribution >= 0.6 is 11.3 Å². The Kier molecular flexibility index (Phi) is 3.58. The van der Waals surface area contributed by atoms with Crippen molar-refractivity contribution in [2.24, 2.45) is 0 Å². The number of amides is 1. The average molecular weight is 297 g/mol. The topological polar surface area (TPSA) is 46.9 Å². The number of aryl methyl sites for hydroxylation is 2. The van der Waals surface area contributed by atoms with Crippen LogP contribution in [-0.2, 0) is 0 Å². The highest BCUT2D eigenvalue weighted by Gasteiger charge is 2.12. The molecule has 0 saturated carbocycles. The van der Waals surface area contributed by atoms with Gasteiger partial charge in [0.2, 0.25) is 0 Å². The lowest BCUT2D eigenvalue weighted by Crippen LogP contribution is -2.11. The predicted molar refractivity (Wildman–Crippen MR) is 85.3 cm³/mol. The predicted octanol–water partition coefficient (Wildman–Crippen LogP) is 3.80. The summed E-state index contributed by atoms with van der Waals surface area (Å²) >= 11 is 1.64. The van der Waals surface area contributed by atoms with E-state index in [1.807, 2.05) is 54.9 Å². The van der Waals surface area contributed by atoms with E-state index >= 15 is 0 Å². The Bertz CT molecular complexity index is 757. The second-order valence-corrected chi connectivity index (χ2v) is 6.26. The summed E-state index contributed by atoms with van der Waals surface area (Å²) in [6, 6.07) is 9.60. The van der Waals surface area contributed by atoms with Crippen LogP contribution in [0.25, 0.3) is 5.69 Å². The van der Waals surface area contributed by atoms with Crippen molar-refractivity contribution in [3.8, 4) is 5.69 Å². The van der Waals surface area contributed by atoms with Crippen molar-refractivity contribution in [1.29, 1.82) is 0 Å². The minimum Gasteiger partial charge on any atom is -0.322 e. The minimum absolute atomic E-state index is 0.0627. The number of thiophene rings is 1. The van der Waals surface area contributed by atoms with E-state index in [-0.39, 0.29) is 5.91 Å². The third-order valence-corrected chi connectivity index (χ3v) is 4.18. The quantitative estimate of drug-likeness (QED) is 0.799. The van der Waals surface area contributed by atoms with E-state index in [4.69, 9.17) is 0 Å². The molecule has 0 atom stereocenters. The number of nitrogens with zero attached hydrogens (tertiary/aromatic N) is 2. The summed E-state index contributed by atoms with van der Waals surface area (Å²) in [6.45, 7) is 3.98. The van der Waals surface area contributed by atoms with Crippen molar-refractivity contribution < 1.29 is 4.79 Å². The van der Waals surface area contributed by atoms with Crippen LogP contribution in [0.5, 0.6) is 0 Å². The molecule has 0 aliphatic heterocycles. The van der Waals surface area contributed by atoms with Gasteiger partial charge in [0.25, 0.3) is 5.91 Å². The average Bonchev–Trinajstić information content (AvgIpc) is 3.09. The number of anilines is 1. The van der Waals surface area contributed by atoms with Crippen LogP contribution in [0.1, 0.15) is 20.1 Å². The highest BCUT2D eigenvalue weighted by molar-refractivity contribution is 7.12. The standard InChI is InChI=1S/C16H15N3OS/c1-11-9-15(12(2)21-11)16(20)18-13-3-5-14(6-4-13)19-8-7-17-10-19/h3-10H,1-2H3,(H,18,20). The molecule has 0 unspecified atom stereocenters. The maximum Gasteiger partial charge on any atom is 0.256 e. The van der Waals surface area contributed by atoms with Crippen molar-refractivity contribution >= 4 is 22.9 Å². The maximum absolute atomic E-state index is 12.2. The number of aromatic nitrogens is 2. The van der Waals surface area contributed by atoms with Gasteiger partial charge in [0.15, 0.2) is 0 Å². The summed E-state index contributed by atoms with van der Waals surface area (Å²) < 4.78 is 1.91. The van der Waals surface area contributed by atoms with E-state index < -0.39 is 0 Å². The van der Waals surface area contributed by atoms with E-state index in [1.54, 1.807) is 23.9 Å². The number of carbonyl (C=O) groups excluding carboxylic acids is 1. The van der Waals surface area contributed by atoms with Gasteiger partial charge in [0, 0.05) is 33.5 Å². The van der Waals surface area contributed by atoms with Crippen LogP contribution in [0.15, 0.2) is 49.1 Å². The molecule has 0 aliphatic rings. The van der Waals surface area contributed by atoms with Crippen LogP contribution in [0.2, 0.25) is 0 Å². The molecule has 21 heavy (non-hydrogen) atoms. The highest BCUT2D eigenvalue weighted by atomic mass is 32.1. The lowest BCUT2D eigenvalue weighted by atomic mass is 10.2. The monoisotopic (exact) mass is 297 g/mol. The summed E-state index contributed by atoms with van der Waals surface area (Å²) in [7, 11) is 0. The Hall–Kier alpha value is -2.40. The highest BCUT2D eigenvalue weighted by Crippen LogP contribution is 2.22. The molecule has 0 bridgehead atoms. The van der Waals surface area contributed by atoms with Crippen molar-refractivity contribution in [2.45, 2.75) is 13.8 Å². The molecule has 0 aliphatic carbocycles. The zero-order valence-corrected chi connectivity index (χ0v) is 12.6. The fourth-order valence-electron chi connectivity index (χ4n) is 2.18. The first-order chi connectivity index (χ1) is 10.1. The third-order valence-electron chi connectivity index (χ3n) is 3.21. The van der Waals surface area contributed by atoms with Gasteiger partial charge in [0.1, 0.15) is 0 Å². The zero-order chi connectivity index (χ0) is 14.8. The number of carbonyl (C=O) groups is 1. The van der Waals surface area contributed by atoms with Crippen molar-refractivity contribution in [3.05, 3.63) is 64.4 Å². The zero-order valence-electron chi connectivity index (χ0n) is 11.8. The fraction of sp³-hybridized carbons (Fsp3) is 0.125. The van der Waals surface area contributed by atoms with Gasteiger partial charge >= 0.3 is 0 Å². The molecular formula is C16H15N3OS. The van der Waals surface area contributed by atoms with Crippen LogP contribution < -0.4 is 5.32 Å². The Labute approximate surface area is 127 Å². The molecule has 106 valence electrons. The molecule has 3 rings (SSSR count). The van der Waals surface area contributed by atoms with Gasteiger partial charge in [-0.25, -0.2) is 4.98 Å². The summed E-state index contributed by atoms with van der Waals surface area (Å²) in [6.07, 6.45) is 5.35. The minimum atomic E-state index is -0.0627. The van der Waals surface area contributed by atoms with Gasteiger partial charge in [-0.2, -0.15) is 0 Å². The van der Waals surface area contributed by atoms with Crippen LogP contribution in [0.4, 0.5) is 5.69 Å². The number of rotatable bonds is 3. The SMILES string of the molecule is Cc1cc(C(=O)Nc2ccc(-n3ccnc3)cc2)c(C)s1. The van der Waals surface area contributed by atoms with Crippen molar-refractivity contribution in [2.75, 3.05) is 5.32 Å². The Morgan fingerprint density at radius 3 is 2.57 bits per heavy atom. The second kappa shape index (κ2) is 5.54. The molecule has 1 amide bonds. The summed E-state index contributed by atoms with van der Waals surface area (Å²) in [4.78, 5) is 18.4. The first-order valence-corrected chi connectivity index (χ1v) is 7.42. The molecule has 2 heterocycles. The van der Waals surface area contributed by atoms with Crippen LogP contribution in [-0.4, -0.2) is 15.5 Å². The molecule has 2 aromatic heterocycles.